The summed E-state index contributed by atoms with van der Waals surface area (Å²) in [6.45, 7) is 4.14. The fourth-order valence-corrected chi connectivity index (χ4v) is 3.23. The molecule has 0 saturated carbocycles. The number of aliphatic hydroxyl groups is 1. The first kappa shape index (κ1) is 20.2. The Morgan fingerprint density at radius 3 is 2.46 bits per heavy atom. The maximum absolute atomic E-state index is 9.67. The lowest BCUT2D eigenvalue weighted by molar-refractivity contribution is 0.248. The van der Waals surface area contributed by atoms with Crippen molar-refractivity contribution in [1.29, 1.82) is 0 Å². The second-order valence-electron chi connectivity index (χ2n) is 6.86. The molecule has 3 N–H and O–H groups in total. The van der Waals surface area contributed by atoms with Gasteiger partial charge in [-0.25, -0.2) is 4.98 Å². The summed E-state index contributed by atoms with van der Waals surface area (Å²) >= 11 is 1.70. The standard InChI is InChI=1S/C22H26N4OS/c1-15(2)20(14-27)25-22-24-19(16-8-5-4-6-9-16)13-21(26-22)23-17-10-7-11-18(12-17)28-3/h4-13,15,20,27H,14H2,1-3H3,(H2,23,24,25,26)/t20-/m1/s1. The maximum Gasteiger partial charge on any atom is 0.225 e. The third-order valence-corrected chi connectivity index (χ3v) is 5.18. The molecule has 1 atom stereocenters. The predicted molar refractivity (Wildman–Crippen MR) is 118 cm³/mol. The average Bonchev–Trinajstić information content (AvgIpc) is 2.72. The van der Waals surface area contributed by atoms with Crippen molar-refractivity contribution in [1.82, 2.24) is 9.97 Å². The molecular weight excluding hydrogens is 368 g/mol. The van der Waals surface area contributed by atoms with Crippen LogP contribution in [0.3, 0.4) is 0 Å². The fraction of sp³-hybridized carbons (Fsp3) is 0.273. The Balaban J connectivity index is 1.96. The summed E-state index contributed by atoms with van der Waals surface area (Å²) in [5.41, 5.74) is 2.80. The van der Waals surface area contributed by atoms with Gasteiger partial charge in [-0.15, -0.1) is 11.8 Å². The van der Waals surface area contributed by atoms with Crippen molar-refractivity contribution >= 4 is 29.2 Å². The van der Waals surface area contributed by atoms with Crippen LogP contribution < -0.4 is 10.6 Å². The van der Waals surface area contributed by atoms with Gasteiger partial charge in [0.15, 0.2) is 0 Å². The quantitative estimate of drug-likeness (QED) is 0.465. The molecule has 2 aromatic carbocycles. The zero-order valence-corrected chi connectivity index (χ0v) is 17.2. The smallest absolute Gasteiger partial charge is 0.225 e. The Bertz CT molecular complexity index is 902. The molecule has 3 aromatic rings. The Kier molecular flexibility index (Phi) is 6.90. The highest BCUT2D eigenvalue weighted by molar-refractivity contribution is 7.98. The average molecular weight is 395 g/mol. The van der Waals surface area contributed by atoms with Crippen molar-refractivity contribution < 1.29 is 5.11 Å². The van der Waals surface area contributed by atoms with Crippen molar-refractivity contribution in [3.63, 3.8) is 0 Å². The minimum Gasteiger partial charge on any atom is -0.394 e. The zero-order chi connectivity index (χ0) is 19.9. The van der Waals surface area contributed by atoms with Gasteiger partial charge in [0.1, 0.15) is 5.82 Å². The molecule has 0 unspecified atom stereocenters. The van der Waals surface area contributed by atoms with Crippen molar-refractivity contribution in [3.8, 4) is 11.3 Å². The fourth-order valence-electron chi connectivity index (χ4n) is 2.77. The van der Waals surface area contributed by atoms with Gasteiger partial charge in [0.25, 0.3) is 0 Å². The van der Waals surface area contributed by atoms with Gasteiger partial charge in [-0.05, 0) is 30.4 Å². The molecule has 146 valence electrons. The third-order valence-electron chi connectivity index (χ3n) is 4.45. The summed E-state index contributed by atoms with van der Waals surface area (Å²) in [5.74, 6) is 1.45. The molecule has 0 bridgehead atoms. The van der Waals surface area contributed by atoms with Crippen LogP contribution in [0, 0.1) is 5.92 Å². The molecule has 0 aliphatic heterocycles. The summed E-state index contributed by atoms with van der Waals surface area (Å²) in [5, 5.41) is 16.3. The van der Waals surface area contributed by atoms with E-state index in [0.29, 0.717) is 11.8 Å². The minimum atomic E-state index is -0.112. The lowest BCUT2D eigenvalue weighted by Gasteiger charge is -2.20. The van der Waals surface area contributed by atoms with E-state index >= 15 is 0 Å². The van der Waals surface area contributed by atoms with Crippen molar-refractivity contribution in [2.45, 2.75) is 24.8 Å². The van der Waals surface area contributed by atoms with E-state index in [1.807, 2.05) is 48.5 Å². The molecule has 6 heteroatoms. The lowest BCUT2D eigenvalue weighted by Crippen LogP contribution is -2.30. The van der Waals surface area contributed by atoms with Gasteiger partial charge < -0.3 is 15.7 Å². The van der Waals surface area contributed by atoms with Gasteiger partial charge in [-0.3, -0.25) is 0 Å². The normalized spacial score (nSPS) is 12.0. The van der Waals surface area contributed by atoms with E-state index in [1.54, 1.807) is 11.8 Å². The molecule has 0 radical (unpaired) electrons. The van der Waals surface area contributed by atoms with E-state index in [0.717, 1.165) is 16.9 Å². The predicted octanol–water partition coefficient (Wildman–Crippen LogP) is 5.04. The number of nitrogens with zero attached hydrogens (tertiary/aromatic N) is 2. The Hall–Kier alpha value is -2.57. The highest BCUT2D eigenvalue weighted by Crippen LogP contribution is 2.26. The van der Waals surface area contributed by atoms with Gasteiger partial charge in [0, 0.05) is 22.2 Å². The van der Waals surface area contributed by atoms with E-state index < -0.39 is 0 Å². The molecule has 5 nitrogen and oxygen atoms in total. The Morgan fingerprint density at radius 1 is 1.00 bits per heavy atom. The number of rotatable bonds is 8. The topological polar surface area (TPSA) is 70.1 Å². The SMILES string of the molecule is CSc1cccc(Nc2cc(-c3ccccc3)nc(N[C@H](CO)C(C)C)n2)c1. The van der Waals surface area contributed by atoms with Crippen LogP contribution in [-0.4, -0.2) is 34.0 Å². The van der Waals surface area contributed by atoms with Gasteiger partial charge in [0.05, 0.1) is 18.3 Å². The molecule has 0 aliphatic carbocycles. The van der Waals surface area contributed by atoms with Gasteiger partial charge >= 0.3 is 0 Å². The highest BCUT2D eigenvalue weighted by atomic mass is 32.2. The minimum absolute atomic E-state index is 0.0229. The Morgan fingerprint density at radius 2 is 1.79 bits per heavy atom. The molecule has 0 saturated heterocycles. The van der Waals surface area contributed by atoms with E-state index in [1.165, 1.54) is 4.90 Å². The number of benzene rings is 2. The molecule has 0 aliphatic rings. The second kappa shape index (κ2) is 9.57. The molecule has 1 heterocycles. The number of hydrogen-bond donors (Lipinski definition) is 3. The largest absolute Gasteiger partial charge is 0.394 e. The van der Waals surface area contributed by atoms with Crippen molar-refractivity contribution in [2.24, 2.45) is 5.92 Å². The molecule has 28 heavy (non-hydrogen) atoms. The van der Waals surface area contributed by atoms with Crippen LogP contribution in [0.5, 0.6) is 0 Å². The number of hydrogen-bond acceptors (Lipinski definition) is 6. The van der Waals surface area contributed by atoms with Crippen molar-refractivity contribution in [2.75, 3.05) is 23.5 Å². The number of aromatic nitrogens is 2. The molecule has 0 spiro atoms. The molecule has 3 rings (SSSR count). The van der Waals surface area contributed by atoms with Gasteiger partial charge in [0.2, 0.25) is 5.95 Å². The van der Waals surface area contributed by atoms with E-state index in [-0.39, 0.29) is 18.6 Å². The van der Waals surface area contributed by atoms with Crippen LogP contribution in [0.4, 0.5) is 17.5 Å². The first-order chi connectivity index (χ1) is 13.6. The van der Waals surface area contributed by atoms with Crippen LogP contribution in [0.25, 0.3) is 11.3 Å². The van der Waals surface area contributed by atoms with Crippen LogP contribution in [0.15, 0.2) is 65.6 Å². The van der Waals surface area contributed by atoms with E-state index in [9.17, 15) is 5.11 Å². The third kappa shape index (κ3) is 5.24. The van der Waals surface area contributed by atoms with Gasteiger partial charge in [-0.2, -0.15) is 4.98 Å². The van der Waals surface area contributed by atoms with Crippen LogP contribution in [0.2, 0.25) is 0 Å². The second-order valence-corrected chi connectivity index (χ2v) is 7.74. The summed E-state index contributed by atoms with van der Waals surface area (Å²) < 4.78 is 0. The molecule has 0 amide bonds. The van der Waals surface area contributed by atoms with Gasteiger partial charge in [-0.1, -0.05) is 50.2 Å². The van der Waals surface area contributed by atoms with Crippen LogP contribution >= 0.6 is 11.8 Å². The summed E-state index contributed by atoms with van der Waals surface area (Å²) in [6, 6.07) is 20.0. The molecule has 0 fully saturated rings. The number of thioether (sulfide) groups is 1. The summed E-state index contributed by atoms with van der Waals surface area (Å²) in [6.07, 6.45) is 2.06. The summed E-state index contributed by atoms with van der Waals surface area (Å²) in [4.78, 5) is 10.5. The first-order valence-electron chi connectivity index (χ1n) is 9.32. The van der Waals surface area contributed by atoms with Crippen LogP contribution in [-0.2, 0) is 0 Å². The maximum atomic E-state index is 9.67. The zero-order valence-electron chi connectivity index (χ0n) is 16.4. The number of aliphatic hydroxyl groups excluding tert-OH is 1. The highest BCUT2D eigenvalue weighted by Gasteiger charge is 2.15. The summed E-state index contributed by atoms with van der Waals surface area (Å²) in [7, 11) is 0. The number of nitrogens with one attached hydrogen (secondary N) is 2. The molecule has 1 aromatic heterocycles. The molecular formula is C22H26N4OS. The van der Waals surface area contributed by atoms with Crippen LogP contribution in [0.1, 0.15) is 13.8 Å². The van der Waals surface area contributed by atoms with E-state index in [2.05, 4.69) is 52.8 Å². The Labute approximate surface area is 170 Å². The van der Waals surface area contributed by atoms with Crippen molar-refractivity contribution in [3.05, 3.63) is 60.7 Å². The number of anilines is 3. The first-order valence-corrected chi connectivity index (χ1v) is 10.5. The van der Waals surface area contributed by atoms with E-state index in [4.69, 9.17) is 0 Å². The lowest BCUT2D eigenvalue weighted by atomic mass is 10.1. The monoisotopic (exact) mass is 394 g/mol.